The van der Waals surface area contributed by atoms with Gasteiger partial charge in [-0.2, -0.15) is 0 Å². The summed E-state index contributed by atoms with van der Waals surface area (Å²) in [5.41, 5.74) is 2.96. The molecule has 0 aromatic carbocycles. The molecule has 9 heteroatoms. The molecule has 1 aliphatic carbocycles. The first-order chi connectivity index (χ1) is 15.9. The van der Waals surface area contributed by atoms with Crippen molar-refractivity contribution >= 4 is 5.97 Å². The molecule has 8 atom stereocenters. The zero-order valence-corrected chi connectivity index (χ0v) is 20.5. The van der Waals surface area contributed by atoms with Crippen LogP contribution in [0.25, 0.3) is 0 Å². The van der Waals surface area contributed by atoms with Crippen LogP contribution >= 0.6 is 0 Å². The molecule has 9 nitrogen and oxygen atoms in total. The van der Waals surface area contributed by atoms with E-state index in [4.69, 9.17) is 14.2 Å². The maximum absolute atomic E-state index is 11.5. The van der Waals surface area contributed by atoms with Gasteiger partial charge in [0.2, 0.25) is 0 Å². The highest BCUT2D eigenvalue weighted by molar-refractivity contribution is 5.85. The second-order valence-corrected chi connectivity index (χ2v) is 10.2. The van der Waals surface area contributed by atoms with Crippen LogP contribution in [0.15, 0.2) is 34.4 Å². The quantitative estimate of drug-likeness (QED) is 0.279. The first-order valence-electron chi connectivity index (χ1n) is 11.7. The van der Waals surface area contributed by atoms with Gasteiger partial charge in [-0.1, -0.05) is 36.6 Å². The summed E-state index contributed by atoms with van der Waals surface area (Å²) in [6.45, 7) is 9.54. The lowest BCUT2D eigenvalue weighted by Crippen LogP contribution is -2.60. The van der Waals surface area contributed by atoms with Crippen molar-refractivity contribution in [3.63, 3.8) is 0 Å². The van der Waals surface area contributed by atoms with Gasteiger partial charge in [-0.05, 0) is 39.7 Å². The highest BCUT2D eigenvalue weighted by Crippen LogP contribution is 2.49. The average Bonchev–Trinajstić information content (AvgIpc) is 2.77. The van der Waals surface area contributed by atoms with Crippen molar-refractivity contribution in [3.05, 3.63) is 34.4 Å². The molecule has 3 aliphatic rings. The number of allylic oxidation sites excluding steroid dienone is 1. The molecule has 0 bridgehead atoms. The number of aliphatic hydroxyl groups excluding tert-OH is 4. The Kier molecular flexibility index (Phi) is 8.40. The van der Waals surface area contributed by atoms with Crippen molar-refractivity contribution in [2.75, 3.05) is 13.2 Å². The van der Waals surface area contributed by atoms with E-state index < -0.39 is 60.9 Å². The molecular weight excluding hydrogens is 444 g/mol. The van der Waals surface area contributed by atoms with Gasteiger partial charge < -0.3 is 39.7 Å². The van der Waals surface area contributed by atoms with Crippen LogP contribution in [-0.4, -0.2) is 87.6 Å². The number of ether oxygens (including phenoxy) is 3. The molecule has 1 fully saturated rings. The third kappa shape index (κ3) is 5.31. The molecule has 0 radical (unpaired) electrons. The van der Waals surface area contributed by atoms with Gasteiger partial charge >= 0.3 is 5.97 Å². The fraction of sp³-hybridized carbons (Fsp3) is 0.720. The van der Waals surface area contributed by atoms with Crippen LogP contribution in [0.5, 0.6) is 0 Å². The summed E-state index contributed by atoms with van der Waals surface area (Å²) in [6, 6.07) is 0. The highest BCUT2D eigenvalue weighted by atomic mass is 16.7. The maximum atomic E-state index is 11.5. The van der Waals surface area contributed by atoms with E-state index in [-0.39, 0.29) is 11.5 Å². The smallest absolute Gasteiger partial charge is 0.331 e. The molecule has 2 heterocycles. The van der Waals surface area contributed by atoms with Crippen LogP contribution in [0, 0.1) is 11.3 Å². The molecule has 5 N–H and O–H groups in total. The van der Waals surface area contributed by atoms with Crippen molar-refractivity contribution in [2.45, 2.75) is 90.4 Å². The van der Waals surface area contributed by atoms with Gasteiger partial charge in [-0.15, -0.1) is 0 Å². The summed E-state index contributed by atoms with van der Waals surface area (Å²) in [5.74, 6) is -1.19. The molecule has 34 heavy (non-hydrogen) atoms. The maximum Gasteiger partial charge on any atom is 0.331 e. The van der Waals surface area contributed by atoms with Gasteiger partial charge in [0.25, 0.3) is 0 Å². The monoisotopic (exact) mass is 482 g/mol. The summed E-state index contributed by atoms with van der Waals surface area (Å²) < 4.78 is 17.8. The molecule has 0 saturated carbocycles. The summed E-state index contributed by atoms with van der Waals surface area (Å²) in [7, 11) is 0. The lowest BCUT2D eigenvalue weighted by molar-refractivity contribution is -0.318. The fourth-order valence-corrected chi connectivity index (χ4v) is 5.36. The van der Waals surface area contributed by atoms with Crippen molar-refractivity contribution < 1.29 is 44.5 Å². The van der Waals surface area contributed by atoms with Crippen LogP contribution < -0.4 is 0 Å². The van der Waals surface area contributed by atoms with Gasteiger partial charge in [0, 0.05) is 16.9 Å². The van der Waals surface area contributed by atoms with Gasteiger partial charge in [-0.3, -0.25) is 0 Å². The first kappa shape index (κ1) is 27.0. The Morgan fingerprint density at radius 3 is 2.50 bits per heavy atom. The largest absolute Gasteiger partial charge is 0.478 e. The Hall–Kier alpha value is -1.59. The number of carbonyl (C=O) groups is 1. The van der Waals surface area contributed by atoms with Crippen molar-refractivity contribution in [1.82, 2.24) is 0 Å². The Morgan fingerprint density at radius 1 is 1.21 bits per heavy atom. The summed E-state index contributed by atoms with van der Waals surface area (Å²) in [6.07, 6.45) is -2.42. The number of carboxylic acid groups (broad SMARTS) is 1. The summed E-state index contributed by atoms with van der Waals surface area (Å²) in [5, 5.41) is 49.6. The molecule has 0 spiro atoms. The second kappa shape index (κ2) is 10.6. The Morgan fingerprint density at radius 2 is 1.88 bits per heavy atom. The number of hydrogen-bond acceptors (Lipinski definition) is 8. The van der Waals surface area contributed by atoms with Crippen molar-refractivity contribution in [1.29, 1.82) is 0 Å². The minimum absolute atomic E-state index is 0.195. The van der Waals surface area contributed by atoms with E-state index in [0.717, 1.165) is 17.6 Å². The van der Waals surface area contributed by atoms with Crippen LogP contribution in [-0.2, 0) is 19.0 Å². The Bertz CT molecular complexity index is 856. The minimum atomic E-state index is -1.51. The summed E-state index contributed by atoms with van der Waals surface area (Å²) in [4.78, 5) is 11.5. The van der Waals surface area contributed by atoms with Crippen LogP contribution in [0.1, 0.15) is 47.5 Å². The SMILES string of the molecule is CC1=C[C@@H](C2=C(C)CC[C@H](O[C@@H]3O[C@H](CO)[C@@H](O)[C@H](O)[C@H]3O)C2(C)C)[C@H](/C=C(\C)C(=O)O)OC1. The predicted molar refractivity (Wildman–Crippen MR) is 123 cm³/mol. The summed E-state index contributed by atoms with van der Waals surface area (Å²) >= 11 is 0. The van der Waals surface area contributed by atoms with E-state index in [0.29, 0.717) is 13.0 Å². The highest BCUT2D eigenvalue weighted by Gasteiger charge is 2.49. The lowest BCUT2D eigenvalue weighted by atomic mass is 9.64. The number of aliphatic hydroxyl groups is 4. The molecular formula is C25H38O9. The fourth-order valence-electron chi connectivity index (χ4n) is 5.36. The van der Waals surface area contributed by atoms with Gasteiger partial charge in [-0.25, -0.2) is 4.79 Å². The molecule has 1 saturated heterocycles. The third-order valence-corrected chi connectivity index (χ3v) is 7.29. The van der Waals surface area contributed by atoms with Gasteiger partial charge in [0.1, 0.15) is 24.4 Å². The van der Waals surface area contributed by atoms with E-state index >= 15 is 0 Å². The Balaban J connectivity index is 1.91. The minimum Gasteiger partial charge on any atom is -0.478 e. The molecule has 2 aliphatic heterocycles. The molecule has 192 valence electrons. The lowest BCUT2D eigenvalue weighted by Gasteiger charge is -2.48. The standard InChI is InChI=1S/C25H38O9/c1-12-8-15(16(32-11-12)9-14(3)23(30)31)19-13(2)6-7-18(25(19,4)5)34-24-22(29)21(28)20(27)17(10-26)33-24/h8-9,15-18,20-22,24,26-29H,6-7,10-11H2,1-5H3,(H,30,31)/b14-9+/t15-,16+,17-,18+,20-,21+,22-,24+/m1/s1. The molecule has 0 unspecified atom stereocenters. The molecule has 3 rings (SSSR count). The van der Waals surface area contributed by atoms with Crippen LogP contribution in [0.4, 0.5) is 0 Å². The number of carboxylic acids is 1. The number of hydrogen-bond donors (Lipinski definition) is 5. The van der Waals surface area contributed by atoms with E-state index in [9.17, 15) is 30.3 Å². The molecule has 0 amide bonds. The van der Waals surface area contributed by atoms with Crippen LogP contribution in [0.3, 0.4) is 0 Å². The first-order valence-corrected chi connectivity index (χ1v) is 11.7. The molecule has 0 aromatic heterocycles. The van der Waals surface area contributed by atoms with E-state index in [1.807, 2.05) is 20.8 Å². The van der Waals surface area contributed by atoms with Crippen molar-refractivity contribution in [2.24, 2.45) is 11.3 Å². The Labute approximate surface area is 200 Å². The molecule has 0 aromatic rings. The zero-order chi connectivity index (χ0) is 25.4. The number of aliphatic carboxylic acids is 1. The van der Waals surface area contributed by atoms with E-state index in [2.05, 4.69) is 13.0 Å². The van der Waals surface area contributed by atoms with Gasteiger partial charge in [0.15, 0.2) is 6.29 Å². The average molecular weight is 483 g/mol. The third-order valence-electron chi connectivity index (χ3n) is 7.29. The van der Waals surface area contributed by atoms with E-state index in [1.165, 1.54) is 5.57 Å². The van der Waals surface area contributed by atoms with Gasteiger partial charge in [0.05, 0.1) is 25.4 Å². The van der Waals surface area contributed by atoms with E-state index in [1.54, 1.807) is 13.0 Å². The topological polar surface area (TPSA) is 146 Å². The van der Waals surface area contributed by atoms with Crippen molar-refractivity contribution in [3.8, 4) is 0 Å². The van der Waals surface area contributed by atoms with Crippen LogP contribution in [0.2, 0.25) is 0 Å². The second-order valence-electron chi connectivity index (χ2n) is 10.2. The normalized spacial score (nSPS) is 39.1. The zero-order valence-electron chi connectivity index (χ0n) is 20.5. The number of rotatable bonds is 6. The predicted octanol–water partition coefficient (Wildman–Crippen LogP) is 1.30.